The summed E-state index contributed by atoms with van der Waals surface area (Å²) in [4.78, 5) is 24.3. The van der Waals surface area contributed by atoms with Gasteiger partial charge in [-0.05, 0) is 25.5 Å². The zero-order valence-corrected chi connectivity index (χ0v) is 14.0. The molecule has 0 aliphatic heterocycles. The number of nitrogens with zero attached hydrogens (tertiary/aromatic N) is 4. The van der Waals surface area contributed by atoms with E-state index >= 15 is 0 Å². The van der Waals surface area contributed by atoms with Gasteiger partial charge in [0.2, 0.25) is 5.91 Å². The predicted molar refractivity (Wildman–Crippen MR) is 91.3 cm³/mol. The maximum absolute atomic E-state index is 12.3. The monoisotopic (exact) mass is 326 g/mol. The van der Waals surface area contributed by atoms with Crippen LogP contribution in [0, 0.1) is 0 Å². The molecule has 2 N–H and O–H groups in total. The molecule has 0 bridgehead atoms. The number of hydrogen-bond donors (Lipinski definition) is 2. The second-order valence-electron chi connectivity index (χ2n) is 5.66. The highest BCUT2D eigenvalue weighted by Crippen LogP contribution is 2.15. The average molecular weight is 326 g/mol. The number of aromatic nitrogens is 5. The number of H-pyrrole nitrogens is 1. The first kappa shape index (κ1) is 16.2. The lowest BCUT2D eigenvalue weighted by atomic mass is 10.2. The maximum Gasteiger partial charge on any atom is 0.221 e. The smallest absolute Gasteiger partial charge is 0.221 e. The molecule has 24 heavy (non-hydrogen) atoms. The largest absolute Gasteiger partial charge is 0.346 e. The second kappa shape index (κ2) is 7.25. The molecule has 0 radical (unpaired) electrons. The lowest BCUT2D eigenvalue weighted by molar-refractivity contribution is -0.121. The molecule has 1 atom stereocenters. The molecule has 1 unspecified atom stereocenters. The summed E-state index contributed by atoms with van der Waals surface area (Å²) < 4.78 is 1.81. The molecule has 0 aliphatic rings. The van der Waals surface area contributed by atoms with Crippen molar-refractivity contribution in [1.82, 2.24) is 30.0 Å². The van der Waals surface area contributed by atoms with Crippen molar-refractivity contribution in [3.8, 4) is 0 Å². The van der Waals surface area contributed by atoms with Crippen molar-refractivity contribution in [2.45, 2.75) is 45.7 Å². The van der Waals surface area contributed by atoms with E-state index in [4.69, 9.17) is 0 Å². The number of hydrogen-bond acceptors (Lipinski definition) is 4. The van der Waals surface area contributed by atoms with E-state index in [9.17, 15) is 4.79 Å². The normalized spacial score (nSPS) is 12.4. The summed E-state index contributed by atoms with van der Waals surface area (Å²) in [7, 11) is 0. The Morgan fingerprint density at radius 1 is 1.33 bits per heavy atom. The van der Waals surface area contributed by atoms with Crippen molar-refractivity contribution in [3.05, 3.63) is 42.2 Å². The number of carbonyl (C=O) groups excluding carboxylic acids is 1. The zero-order valence-electron chi connectivity index (χ0n) is 14.0. The highest BCUT2D eigenvalue weighted by atomic mass is 16.1. The minimum absolute atomic E-state index is 0.00652. The Morgan fingerprint density at radius 3 is 2.92 bits per heavy atom. The number of para-hydroxylation sites is 2. The quantitative estimate of drug-likeness (QED) is 0.697. The van der Waals surface area contributed by atoms with Crippen LogP contribution in [0.4, 0.5) is 0 Å². The van der Waals surface area contributed by atoms with Gasteiger partial charge in [0, 0.05) is 19.4 Å². The lowest BCUT2D eigenvalue weighted by Crippen LogP contribution is -2.30. The number of nitrogens with one attached hydrogen (secondary N) is 2. The van der Waals surface area contributed by atoms with Gasteiger partial charge in [-0.3, -0.25) is 4.79 Å². The van der Waals surface area contributed by atoms with E-state index in [1.807, 2.05) is 42.8 Å². The molecule has 7 heteroatoms. The van der Waals surface area contributed by atoms with Crippen LogP contribution in [0.3, 0.4) is 0 Å². The summed E-state index contributed by atoms with van der Waals surface area (Å²) in [6.45, 7) is 4.77. The number of aryl methyl sites for hydroxylation is 2. The number of rotatable bonds is 7. The molecule has 2 heterocycles. The molecule has 0 saturated carbocycles. The minimum atomic E-state index is -0.115. The first-order valence-corrected chi connectivity index (χ1v) is 8.32. The molecule has 0 saturated heterocycles. The Morgan fingerprint density at radius 2 is 2.17 bits per heavy atom. The lowest BCUT2D eigenvalue weighted by Gasteiger charge is -2.16. The molecule has 3 aromatic rings. The first-order valence-electron chi connectivity index (χ1n) is 8.32. The minimum Gasteiger partial charge on any atom is -0.346 e. The van der Waals surface area contributed by atoms with Gasteiger partial charge in [-0.2, -0.15) is 5.10 Å². The van der Waals surface area contributed by atoms with E-state index in [0.29, 0.717) is 12.8 Å². The molecular weight excluding hydrogens is 304 g/mol. The molecule has 7 nitrogen and oxygen atoms in total. The molecule has 0 fully saturated rings. The summed E-state index contributed by atoms with van der Waals surface area (Å²) in [6.07, 6.45) is 3.27. The Kier molecular flexibility index (Phi) is 4.88. The Balaban J connectivity index is 1.60. The Labute approximate surface area is 140 Å². The summed E-state index contributed by atoms with van der Waals surface area (Å²) >= 11 is 0. The maximum atomic E-state index is 12.3. The van der Waals surface area contributed by atoms with E-state index in [2.05, 4.69) is 25.4 Å². The SMILES string of the molecule is CCC(NC(=O)CCc1nc2ccccc2[nH]1)c1ncnn1CC. The van der Waals surface area contributed by atoms with E-state index < -0.39 is 0 Å². The van der Waals surface area contributed by atoms with Crippen LogP contribution in [0.15, 0.2) is 30.6 Å². The van der Waals surface area contributed by atoms with Gasteiger partial charge in [-0.1, -0.05) is 19.1 Å². The van der Waals surface area contributed by atoms with Crippen LogP contribution >= 0.6 is 0 Å². The van der Waals surface area contributed by atoms with Crippen LogP contribution in [0.1, 0.15) is 44.4 Å². The first-order chi connectivity index (χ1) is 11.7. The summed E-state index contributed by atoms with van der Waals surface area (Å²) in [5.74, 6) is 1.63. The van der Waals surface area contributed by atoms with Crippen molar-refractivity contribution < 1.29 is 4.79 Å². The standard InChI is InChI=1S/C17H22N6O/c1-3-12(17-18-11-19-23(17)4-2)22-16(24)10-9-15-20-13-7-5-6-8-14(13)21-15/h5-8,11-12H,3-4,9-10H2,1-2H3,(H,20,21)(H,22,24). The van der Waals surface area contributed by atoms with Crippen molar-refractivity contribution in [2.24, 2.45) is 0 Å². The van der Waals surface area contributed by atoms with Gasteiger partial charge in [0.1, 0.15) is 18.0 Å². The number of fused-ring (bicyclic) bond motifs is 1. The van der Waals surface area contributed by atoms with Gasteiger partial charge < -0.3 is 10.3 Å². The predicted octanol–water partition coefficient (Wildman–Crippen LogP) is 2.37. The van der Waals surface area contributed by atoms with Crippen molar-refractivity contribution in [2.75, 3.05) is 0 Å². The molecule has 0 aliphatic carbocycles. The third-order valence-corrected chi connectivity index (χ3v) is 4.03. The molecule has 1 aromatic carbocycles. The molecule has 3 rings (SSSR count). The Bertz CT molecular complexity index is 788. The van der Waals surface area contributed by atoms with Gasteiger partial charge in [-0.25, -0.2) is 14.6 Å². The van der Waals surface area contributed by atoms with Crippen LogP contribution in [-0.4, -0.2) is 30.6 Å². The van der Waals surface area contributed by atoms with E-state index in [-0.39, 0.29) is 11.9 Å². The summed E-state index contributed by atoms with van der Waals surface area (Å²) in [5.41, 5.74) is 1.92. The van der Waals surface area contributed by atoms with Crippen LogP contribution in [0.25, 0.3) is 11.0 Å². The third kappa shape index (κ3) is 3.45. The average Bonchev–Trinajstić information content (AvgIpc) is 3.23. The zero-order chi connectivity index (χ0) is 16.9. The van der Waals surface area contributed by atoms with Gasteiger partial charge in [0.15, 0.2) is 0 Å². The molecule has 126 valence electrons. The topological polar surface area (TPSA) is 88.5 Å². The van der Waals surface area contributed by atoms with Crippen LogP contribution in [0.2, 0.25) is 0 Å². The van der Waals surface area contributed by atoms with Crippen molar-refractivity contribution in [1.29, 1.82) is 0 Å². The van der Waals surface area contributed by atoms with Gasteiger partial charge in [-0.15, -0.1) is 0 Å². The highest BCUT2D eigenvalue weighted by Gasteiger charge is 2.18. The fourth-order valence-electron chi connectivity index (χ4n) is 2.76. The molecular formula is C17H22N6O. The summed E-state index contributed by atoms with van der Waals surface area (Å²) in [6, 6.07) is 7.74. The van der Waals surface area contributed by atoms with E-state index in [0.717, 1.165) is 35.6 Å². The number of imidazole rings is 1. The van der Waals surface area contributed by atoms with Crippen LogP contribution < -0.4 is 5.32 Å². The van der Waals surface area contributed by atoms with Crippen molar-refractivity contribution >= 4 is 16.9 Å². The van der Waals surface area contributed by atoms with Crippen LogP contribution in [0.5, 0.6) is 0 Å². The fourth-order valence-corrected chi connectivity index (χ4v) is 2.76. The van der Waals surface area contributed by atoms with Crippen LogP contribution in [-0.2, 0) is 17.8 Å². The van der Waals surface area contributed by atoms with Gasteiger partial charge in [0.25, 0.3) is 0 Å². The Hall–Kier alpha value is -2.70. The number of carbonyl (C=O) groups is 1. The number of benzene rings is 1. The van der Waals surface area contributed by atoms with E-state index in [1.54, 1.807) is 0 Å². The summed E-state index contributed by atoms with van der Waals surface area (Å²) in [5, 5.41) is 7.21. The third-order valence-electron chi connectivity index (χ3n) is 4.03. The molecule has 2 aromatic heterocycles. The second-order valence-corrected chi connectivity index (χ2v) is 5.66. The molecule has 0 spiro atoms. The van der Waals surface area contributed by atoms with Crippen molar-refractivity contribution in [3.63, 3.8) is 0 Å². The fraction of sp³-hybridized carbons (Fsp3) is 0.412. The van der Waals surface area contributed by atoms with Gasteiger partial charge in [0.05, 0.1) is 17.1 Å². The highest BCUT2D eigenvalue weighted by molar-refractivity contribution is 5.77. The molecule has 1 amide bonds. The van der Waals surface area contributed by atoms with Gasteiger partial charge >= 0.3 is 0 Å². The number of aromatic amines is 1. The number of amides is 1. The van der Waals surface area contributed by atoms with E-state index in [1.165, 1.54) is 6.33 Å².